The molecule has 76 valence electrons. The number of carbonyl (C=O) groups excluding carboxylic acids is 1. The van der Waals surface area contributed by atoms with E-state index in [-0.39, 0.29) is 20.4 Å². The Morgan fingerprint density at radius 3 is 2.60 bits per heavy atom. The lowest BCUT2D eigenvalue weighted by molar-refractivity contribution is -0.385. The van der Waals surface area contributed by atoms with Gasteiger partial charge in [-0.2, -0.15) is 5.26 Å². The van der Waals surface area contributed by atoms with Gasteiger partial charge in [0.05, 0.1) is 4.92 Å². The summed E-state index contributed by atoms with van der Waals surface area (Å²) in [6.07, 6.45) is 0. The zero-order valence-electron chi connectivity index (χ0n) is 7.03. The summed E-state index contributed by atoms with van der Waals surface area (Å²) in [5, 5.41) is 18.5. The number of nitro groups is 1. The predicted molar refractivity (Wildman–Crippen MR) is 60.7 cm³/mol. The minimum absolute atomic E-state index is 0.0967. The Morgan fingerprint density at radius 1 is 1.60 bits per heavy atom. The third-order valence-corrected chi connectivity index (χ3v) is 2.96. The van der Waals surface area contributed by atoms with Crippen LogP contribution in [0.5, 0.6) is 0 Å². The lowest BCUT2D eigenvalue weighted by Crippen LogP contribution is -2.00. The molecule has 5 nitrogen and oxygen atoms in total. The monoisotopic (exact) mass is 336 g/mol. The van der Waals surface area contributed by atoms with Crippen LogP contribution in [0.3, 0.4) is 0 Å². The van der Waals surface area contributed by atoms with Gasteiger partial charge in [0.2, 0.25) is 0 Å². The van der Waals surface area contributed by atoms with Gasteiger partial charge >= 0.3 is 0 Å². The summed E-state index contributed by atoms with van der Waals surface area (Å²) >= 11 is 6.93. The standard InChI is InChI=1S/C8H2ClIN2O3/c9-8(13)4-1-2-6(12(14)15)5(3-11)7(4)10/h1-2H. The topological polar surface area (TPSA) is 84.0 Å². The smallest absolute Gasteiger partial charge is 0.276 e. The van der Waals surface area contributed by atoms with Crippen molar-refractivity contribution in [3.63, 3.8) is 0 Å². The van der Waals surface area contributed by atoms with Crippen molar-refractivity contribution < 1.29 is 9.72 Å². The second-order valence-corrected chi connectivity index (χ2v) is 3.89. The molecule has 0 atom stereocenters. The number of hydrogen-bond donors (Lipinski definition) is 0. The molecule has 0 saturated carbocycles. The van der Waals surface area contributed by atoms with E-state index in [9.17, 15) is 14.9 Å². The van der Waals surface area contributed by atoms with Crippen molar-refractivity contribution in [2.24, 2.45) is 0 Å². The number of rotatable bonds is 2. The van der Waals surface area contributed by atoms with Gasteiger partial charge in [0.25, 0.3) is 10.9 Å². The summed E-state index contributed by atoms with van der Waals surface area (Å²) in [5.41, 5.74) is -0.380. The van der Waals surface area contributed by atoms with Crippen molar-refractivity contribution in [3.8, 4) is 6.07 Å². The number of carbonyl (C=O) groups is 1. The molecule has 0 heterocycles. The van der Waals surface area contributed by atoms with E-state index in [1.54, 1.807) is 28.7 Å². The van der Waals surface area contributed by atoms with Gasteiger partial charge in [-0.05, 0) is 40.3 Å². The molecule has 1 aromatic carbocycles. The molecule has 0 fully saturated rings. The Balaban J connectivity index is 3.55. The average molecular weight is 336 g/mol. The van der Waals surface area contributed by atoms with Crippen LogP contribution in [-0.2, 0) is 0 Å². The number of nitriles is 1. The van der Waals surface area contributed by atoms with Crippen LogP contribution < -0.4 is 0 Å². The number of nitrogens with zero attached hydrogens (tertiary/aromatic N) is 2. The van der Waals surface area contributed by atoms with Gasteiger partial charge in [0.1, 0.15) is 11.6 Å². The summed E-state index contributed by atoms with van der Waals surface area (Å²) in [5.74, 6) is 0. The van der Waals surface area contributed by atoms with Gasteiger partial charge in [-0.1, -0.05) is 0 Å². The highest BCUT2D eigenvalue weighted by Crippen LogP contribution is 2.27. The van der Waals surface area contributed by atoms with Crippen molar-refractivity contribution in [1.82, 2.24) is 0 Å². The SMILES string of the molecule is N#Cc1c([N+](=O)[O-])ccc(C(=O)Cl)c1I. The molecule has 0 aliphatic heterocycles. The van der Waals surface area contributed by atoms with Gasteiger partial charge in [-0.25, -0.2) is 0 Å². The first-order chi connectivity index (χ1) is 6.99. The lowest BCUT2D eigenvalue weighted by atomic mass is 10.1. The molecule has 0 N–H and O–H groups in total. The molecular weight excluding hydrogens is 334 g/mol. The molecule has 0 unspecified atom stereocenters. The summed E-state index contributed by atoms with van der Waals surface area (Å²) in [6, 6.07) is 4.01. The Kier molecular flexibility index (Phi) is 3.60. The summed E-state index contributed by atoms with van der Waals surface area (Å²) in [6.45, 7) is 0. The molecule has 15 heavy (non-hydrogen) atoms. The second kappa shape index (κ2) is 4.55. The van der Waals surface area contributed by atoms with Gasteiger partial charge in [0, 0.05) is 15.2 Å². The van der Waals surface area contributed by atoms with E-state index in [0.29, 0.717) is 0 Å². The molecule has 0 aromatic heterocycles. The molecule has 0 aliphatic carbocycles. The van der Waals surface area contributed by atoms with Gasteiger partial charge in [-0.3, -0.25) is 14.9 Å². The highest BCUT2D eigenvalue weighted by Gasteiger charge is 2.21. The molecular formula is C8H2ClIN2O3. The Morgan fingerprint density at radius 2 is 2.20 bits per heavy atom. The van der Waals surface area contributed by atoms with Crippen LogP contribution in [0.1, 0.15) is 15.9 Å². The first kappa shape index (κ1) is 11.9. The van der Waals surface area contributed by atoms with E-state index >= 15 is 0 Å². The van der Waals surface area contributed by atoms with Crippen molar-refractivity contribution in [1.29, 1.82) is 5.26 Å². The summed E-state index contributed by atoms with van der Waals surface area (Å²) < 4.78 is 0.198. The molecule has 1 aromatic rings. The Bertz CT molecular complexity index is 495. The van der Waals surface area contributed by atoms with Crippen molar-refractivity contribution in [2.45, 2.75) is 0 Å². The molecule has 0 saturated heterocycles. The molecule has 0 aliphatic rings. The molecule has 0 amide bonds. The molecule has 1 rings (SSSR count). The molecule has 0 bridgehead atoms. The van der Waals surface area contributed by atoms with Gasteiger partial charge in [-0.15, -0.1) is 0 Å². The zero-order valence-corrected chi connectivity index (χ0v) is 9.94. The van der Waals surface area contributed by atoms with E-state index in [1.165, 1.54) is 6.07 Å². The van der Waals surface area contributed by atoms with Crippen LogP contribution >= 0.6 is 34.2 Å². The van der Waals surface area contributed by atoms with Gasteiger partial charge in [0.15, 0.2) is 0 Å². The van der Waals surface area contributed by atoms with Crippen LogP contribution in [-0.4, -0.2) is 10.2 Å². The van der Waals surface area contributed by atoms with Crippen molar-refractivity contribution >= 4 is 45.1 Å². The molecule has 7 heteroatoms. The fraction of sp³-hybridized carbons (Fsp3) is 0. The van der Waals surface area contributed by atoms with Crippen LogP contribution in [0.2, 0.25) is 0 Å². The Hall–Kier alpha value is -1.20. The highest BCUT2D eigenvalue weighted by molar-refractivity contribution is 14.1. The van der Waals surface area contributed by atoms with Crippen molar-refractivity contribution in [3.05, 3.63) is 36.9 Å². The van der Waals surface area contributed by atoms with Crippen molar-refractivity contribution in [2.75, 3.05) is 0 Å². The predicted octanol–water partition coefficient (Wildman–Crippen LogP) is 2.45. The molecule has 0 radical (unpaired) electrons. The quantitative estimate of drug-likeness (QED) is 0.359. The maximum absolute atomic E-state index is 10.9. The Labute approximate surface area is 103 Å². The number of hydrogen-bond acceptors (Lipinski definition) is 4. The fourth-order valence-corrected chi connectivity index (χ4v) is 2.11. The van der Waals surface area contributed by atoms with E-state index in [2.05, 4.69) is 0 Å². The van der Waals surface area contributed by atoms with E-state index < -0.39 is 10.2 Å². The van der Waals surface area contributed by atoms with E-state index in [4.69, 9.17) is 16.9 Å². The van der Waals surface area contributed by atoms with E-state index in [1.807, 2.05) is 0 Å². The number of benzene rings is 1. The highest BCUT2D eigenvalue weighted by atomic mass is 127. The summed E-state index contributed by atoms with van der Waals surface area (Å²) in [4.78, 5) is 20.8. The third-order valence-electron chi connectivity index (χ3n) is 1.64. The average Bonchev–Trinajstić information content (AvgIpc) is 2.16. The van der Waals surface area contributed by atoms with Crippen LogP contribution in [0.25, 0.3) is 0 Å². The number of nitro benzene ring substituents is 1. The second-order valence-electron chi connectivity index (χ2n) is 2.46. The lowest BCUT2D eigenvalue weighted by Gasteiger charge is -2.01. The molecule has 0 spiro atoms. The number of halogens is 2. The maximum Gasteiger partial charge on any atom is 0.288 e. The fourth-order valence-electron chi connectivity index (χ4n) is 0.976. The van der Waals surface area contributed by atoms with Crippen LogP contribution in [0.15, 0.2) is 12.1 Å². The summed E-state index contributed by atoms with van der Waals surface area (Å²) in [7, 11) is 0. The van der Waals surface area contributed by atoms with Gasteiger partial charge < -0.3 is 0 Å². The minimum atomic E-state index is -0.745. The van der Waals surface area contributed by atoms with Crippen LogP contribution in [0.4, 0.5) is 5.69 Å². The zero-order chi connectivity index (χ0) is 11.6. The van der Waals surface area contributed by atoms with Crippen LogP contribution in [0, 0.1) is 25.0 Å². The minimum Gasteiger partial charge on any atom is -0.276 e. The maximum atomic E-state index is 10.9. The largest absolute Gasteiger partial charge is 0.288 e. The van der Waals surface area contributed by atoms with E-state index in [0.717, 1.165) is 6.07 Å². The first-order valence-electron chi connectivity index (χ1n) is 3.56. The normalized spacial score (nSPS) is 9.40. The first-order valence-corrected chi connectivity index (χ1v) is 5.01. The third kappa shape index (κ3) is 2.24.